The zero-order valence-electron chi connectivity index (χ0n) is 6.88. The van der Waals surface area contributed by atoms with E-state index in [1.807, 2.05) is 12.3 Å². The fourth-order valence-corrected chi connectivity index (χ4v) is 1.79. The van der Waals surface area contributed by atoms with Gasteiger partial charge < -0.3 is 5.11 Å². The molecular weight excluding hydrogens is 175 g/mol. The minimum Gasteiger partial charge on any atom is -0.396 e. The van der Waals surface area contributed by atoms with Gasteiger partial charge in [-0.15, -0.1) is 11.8 Å². The number of aliphatic hydroxyl groups excluding tert-OH is 1. The molecule has 0 amide bonds. The van der Waals surface area contributed by atoms with E-state index < -0.39 is 0 Å². The van der Waals surface area contributed by atoms with Gasteiger partial charge in [0.1, 0.15) is 5.82 Å². The highest BCUT2D eigenvalue weighted by molar-refractivity contribution is 7.98. The minimum atomic E-state index is -0.201. The molecule has 1 nitrogen and oxygen atoms in total. The van der Waals surface area contributed by atoms with Gasteiger partial charge in [-0.25, -0.2) is 4.39 Å². The molecule has 0 aliphatic carbocycles. The zero-order chi connectivity index (χ0) is 8.97. The minimum absolute atomic E-state index is 0.0665. The summed E-state index contributed by atoms with van der Waals surface area (Å²) >= 11 is 1.38. The Morgan fingerprint density at radius 2 is 2.25 bits per heavy atom. The predicted molar refractivity (Wildman–Crippen MR) is 49.0 cm³/mol. The fraction of sp³-hybridized carbons (Fsp3) is 0.333. The third-order valence-corrected chi connectivity index (χ3v) is 2.50. The van der Waals surface area contributed by atoms with E-state index in [9.17, 15) is 4.39 Å². The Labute approximate surface area is 75.6 Å². The van der Waals surface area contributed by atoms with Crippen LogP contribution in [0.5, 0.6) is 0 Å². The van der Waals surface area contributed by atoms with Crippen LogP contribution >= 0.6 is 11.8 Å². The lowest BCUT2D eigenvalue weighted by atomic mass is 10.1. The monoisotopic (exact) mass is 186 g/mol. The summed E-state index contributed by atoms with van der Waals surface area (Å²) in [5, 5.41) is 8.70. The number of thioether (sulfide) groups is 1. The lowest BCUT2D eigenvalue weighted by Gasteiger charge is -2.05. The van der Waals surface area contributed by atoms with Crippen LogP contribution in [0.25, 0.3) is 0 Å². The number of benzene rings is 1. The van der Waals surface area contributed by atoms with Crippen molar-refractivity contribution in [3.63, 3.8) is 0 Å². The maximum atomic E-state index is 13.1. The molecule has 66 valence electrons. The molecule has 1 N–H and O–H groups in total. The number of aliphatic hydroxyl groups is 1. The van der Waals surface area contributed by atoms with E-state index in [0.717, 1.165) is 5.56 Å². The van der Waals surface area contributed by atoms with Crippen LogP contribution in [0, 0.1) is 5.82 Å². The molecule has 0 saturated heterocycles. The summed E-state index contributed by atoms with van der Waals surface area (Å²) in [6.07, 6.45) is 2.35. The first-order valence-corrected chi connectivity index (χ1v) is 4.94. The standard InChI is InChI=1S/C9H11FOS/c1-12-9-7(5-6-11)3-2-4-8(9)10/h2-4,11H,5-6H2,1H3. The highest BCUT2D eigenvalue weighted by Gasteiger charge is 2.05. The van der Waals surface area contributed by atoms with Gasteiger partial charge in [-0.2, -0.15) is 0 Å². The average molecular weight is 186 g/mol. The smallest absolute Gasteiger partial charge is 0.137 e. The SMILES string of the molecule is CSc1c(F)cccc1CCO. The van der Waals surface area contributed by atoms with Gasteiger partial charge in [0, 0.05) is 11.5 Å². The highest BCUT2D eigenvalue weighted by atomic mass is 32.2. The Morgan fingerprint density at radius 1 is 1.50 bits per heavy atom. The highest BCUT2D eigenvalue weighted by Crippen LogP contribution is 2.23. The van der Waals surface area contributed by atoms with Crippen LogP contribution in [-0.2, 0) is 6.42 Å². The lowest BCUT2D eigenvalue weighted by Crippen LogP contribution is -1.95. The second kappa shape index (κ2) is 4.48. The number of hydrogen-bond acceptors (Lipinski definition) is 2. The third kappa shape index (κ3) is 1.99. The maximum Gasteiger partial charge on any atom is 0.137 e. The Morgan fingerprint density at radius 3 is 2.83 bits per heavy atom. The first-order chi connectivity index (χ1) is 5.79. The van der Waals surface area contributed by atoms with Crippen molar-refractivity contribution in [2.45, 2.75) is 11.3 Å². The maximum absolute atomic E-state index is 13.1. The molecule has 0 spiro atoms. The molecule has 1 rings (SSSR count). The summed E-state index contributed by atoms with van der Waals surface area (Å²) < 4.78 is 13.1. The van der Waals surface area contributed by atoms with Gasteiger partial charge in [0.2, 0.25) is 0 Å². The van der Waals surface area contributed by atoms with Gasteiger partial charge in [0.15, 0.2) is 0 Å². The number of rotatable bonds is 3. The fourth-order valence-electron chi connectivity index (χ4n) is 1.10. The quantitative estimate of drug-likeness (QED) is 0.729. The van der Waals surface area contributed by atoms with Crippen LogP contribution in [0.3, 0.4) is 0 Å². The summed E-state index contributed by atoms with van der Waals surface area (Å²) in [4.78, 5) is 0.645. The Balaban J connectivity index is 3.00. The van der Waals surface area contributed by atoms with E-state index in [4.69, 9.17) is 5.11 Å². The van der Waals surface area contributed by atoms with E-state index in [1.165, 1.54) is 17.8 Å². The van der Waals surface area contributed by atoms with E-state index in [2.05, 4.69) is 0 Å². The number of hydrogen-bond donors (Lipinski definition) is 1. The summed E-state index contributed by atoms with van der Waals surface area (Å²) in [5.74, 6) is -0.201. The van der Waals surface area contributed by atoms with Crippen molar-refractivity contribution in [3.05, 3.63) is 29.6 Å². The van der Waals surface area contributed by atoms with E-state index >= 15 is 0 Å². The summed E-state index contributed by atoms with van der Waals surface area (Å²) in [5.41, 5.74) is 0.880. The molecule has 0 radical (unpaired) electrons. The van der Waals surface area contributed by atoms with Crippen LogP contribution in [0.2, 0.25) is 0 Å². The van der Waals surface area contributed by atoms with Crippen molar-refractivity contribution in [2.24, 2.45) is 0 Å². The van der Waals surface area contributed by atoms with E-state index in [-0.39, 0.29) is 12.4 Å². The summed E-state index contributed by atoms with van der Waals surface area (Å²) in [6, 6.07) is 4.94. The largest absolute Gasteiger partial charge is 0.396 e. The van der Waals surface area contributed by atoms with Crippen LogP contribution < -0.4 is 0 Å². The van der Waals surface area contributed by atoms with Crippen molar-refractivity contribution in [1.82, 2.24) is 0 Å². The van der Waals surface area contributed by atoms with Crippen LogP contribution in [0.4, 0.5) is 4.39 Å². The van der Waals surface area contributed by atoms with Crippen molar-refractivity contribution >= 4 is 11.8 Å². The van der Waals surface area contributed by atoms with Crippen molar-refractivity contribution < 1.29 is 9.50 Å². The molecule has 0 aliphatic heterocycles. The second-order valence-electron chi connectivity index (χ2n) is 2.41. The Hall–Kier alpha value is -0.540. The van der Waals surface area contributed by atoms with Crippen LogP contribution in [-0.4, -0.2) is 18.0 Å². The van der Waals surface area contributed by atoms with Crippen molar-refractivity contribution in [2.75, 3.05) is 12.9 Å². The Bertz CT molecular complexity index is 263. The normalized spacial score (nSPS) is 10.2. The van der Waals surface area contributed by atoms with E-state index in [0.29, 0.717) is 11.3 Å². The number of halogens is 1. The molecule has 1 aromatic carbocycles. The topological polar surface area (TPSA) is 20.2 Å². The predicted octanol–water partition coefficient (Wildman–Crippen LogP) is 2.08. The average Bonchev–Trinajstić information content (AvgIpc) is 2.05. The molecule has 0 saturated carbocycles. The van der Waals surface area contributed by atoms with Gasteiger partial charge in [0.25, 0.3) is 0 Å². The molecular formula is C9H11FOS. The molecule has 12 heavy (non-hydrogen) atoms. The molecule has 1 aromatic rings. The van der Waals surface area contributed by atoms with Gasteiger partial charge in [0.05, 0.1) is 0 Å². The van der Waals surface area contributed by atoms with Crippen molar-refractivity contribution in [1.29, 1.82) is 0 Å². The van der Waals surface area contributed by atoms with Gasteiger partial charge in [-0.05, 0) is 24.3 Å². The summed E-state index contributed by atoms with van der Waals surface area (Å²) in [6.45, 7) is 0.0665. The van der Waals surface area contributed by atoms with Gasteiger partial charge in [-0.1, -0.05) is 12.1 Å². The lowest BCUT2D eigenvalue weighted by molar-refractivity contribution is 0.298. The molecule has 3 heteroatoms. The van der Waals surface area contributed by atoms with Crippen LogP contribution in [0.1, 0.15) is 5.56 Å². The van der Waals surface area contributed by atoms with Gasteiger partial charge >= 0.3 is 0 Å². The van der Waals surface area contributed by atoms with Crippen molar-refractivity contribution in [3.8, 4) is 0 Å². The molecule has 0 atom stereocenters. The van der Waals surface area contributed by atoms with Gasteiger partial charge in [-0.3, -0.25) is 0 Å². The molecule has 0 aliphatic rings. The Kier molecular flexibility index (Phi) is 3.56. The first-order valence-electron chi connectivity index (χ1n) is 3.72. The van der Waals surface area contributed by atoms with Crippen LogP contribution in [0.15, 0.2) is 23.1 Å². The first kappa shape index (κ1) is 9.55. The third-order valence-electron chi connectivity index (χ3n) is 1.63. The van der Waals surface area contributed by atoms with E-state index in [1.54, 1.807) is 6.07 Å². The molecule has 0 fully saturated rings. The zero-order valence-corrected chi connectivity index (χ0v) is 7.70. The second-order valence-corrected chi connectivity index (χ2v) is 3.22. The molecule has 0 heterocycles. The summed E-state index contributed by atoms with van der Waals surface area (Å²) in [7, 11) is 0. The molecule has 0 unspecified atom stereocenters. The molecule has 0 aromatic heterocycles. The molecule has 0 bridgehead atoms.